The maximum Gasteiger partial charge on any atom is 0.416 e. The number of halogens is 3. The summed E-state index contributed by atoms with van der Waals surface area (Å²) in [6.45, 7) is 5.44. The summed E-state index contributed by atoms with van der Waals surface area (Å²) < 4.78 is 42.9. The number of hydrogen-bond acceptors (Lipinski definition) is 3. The topological polar surface area (TPSA) is 48.9 Å². The molecule has 1 saturated heterocycles. The number of hydrogen-bond donors (Lipinski definition) is 2. The Morgan fingerprint density at radius 3 is 2.42 bits per heavy atom. The Morgan fingerprint density at radius 1 is 1.17 bits per heavy atom. The molecule has 0 aliphatic carbocycles. The van der Waals surface area contributed by atoms with Crippen molar-refractivity contribution < 1.29 is 17.9 Å². The van der Waals surface area contributed by atoms with Crippen LogP contribution in [0.1, 0.15) is 11.1 Å². The van der Waals surface area contributed by atoms with E-state index in [2.05, 4.69) is 20.5 Å². The predicted octanol–water partition coefficient (Wildman–Crippen LogP) is 1.70. The van der Waals surface area contributed by atoms with E-state index in [1.807, 2.05) is 0 Å². The van der Waals surface area contributed by atoms with Crippen molar-refractivity contribution in [3.8, 4) is 0 Å². The van der Waals surface area contributed by atoms with Gasteiger partial charge in [-0.3, -0.25) is 9.89 Å². The summed E-state index contributed by atoms with van der Waals surface area (Å²) in [5, 5.41) is 6.30. The van der Waals surface area contributed by atoms with Crippen LogP contribution in [0.15, 0.2) is 29.3 Å². The highest BCUT2D eigenvalue weighted by molar-refractivity contribution is 5.79. The summed E-state index contributed by atoms with van der Waals surface area (Å²) in [7, 11) is 1.66. The number of morpholine rings is 1. The summed E-state index contributed by atoms with van der Waals surface area (Å²) in [5.74, 6) is 0.628. The van der Waals surface area contributed by atoms with Gasteiger partial charge in [0, 0.05) is 39.8 Å². The minimum atomic E-state index is -4.30. The highest BCUT2D eigenvalue weighted by Crippen LogP contribution is 2.28. The fourth-order valence-electron chi connectivity index (χ4n) is 2.38. The molecule has 2 rings (SSSR count). The Balaban J connectivity index is 1.72. The van der Waals surface area contributed by atoms with Crippen molar-refractivity contribution >= 4 is 5.96 Å². The van der Waals surface area contributed by atoms with E-state index in [0.717, 1.165) is 57.1 Å². The molecule has 134 valence electrons. The van der Waals surface area contributed by atoms with Gasteiger partial charge in [0.25, 0.3) is 0 Å². The van der Waals surface area contributed by atoms with Crippen LogP contribution in [-0.2, 0) is 17.5 Å². The molecule has 0 aromatic heterocycles. The third kappa shape index (κ3) is 6.01. The molecule has 0 spiro atoms. The molecule has 1 aliphatic heterocycles. The van der Waals surface area contributed by atoms with Crippen molar-refractivity contribution in [1.29, 1.82) is 0 Å². The molecule has 5 nitrogen and oxygen atoms in total. The number of nitrogens with zero attached hydrogens (tertiary/aromatic N) is 2. The first-order valence-electron chi connectivity index (χ1n) is 7.90. The maximum atomic E-state index is 12.5. The lowest BCUT2D eigenvalue weighted by Crippen LogP contribution is -2.44. The van der Waals surface area contributed by atoms with Gasteiger partial charge in [-0.25, -0.2) is 0 Å². The number of ether oxygens (including phenoxy) is 1. The summed E-state index contributed by atoms with van der Waals surface area (Å²) in [5.41, 5.74) is 0.124. The number of nitrogens with one attached hydrogen (secondary N) is 2. The monoisotopic (exact) mass is 344 g/mol. The van der Waals surface area contributed by atoms with Crippen molar-refractivity contribution in [1.82, 2.24) is 15.5 Å². The Labute approximate surface area is 139 Å². The van der Waals surface area contributed by atoms with E-state index >= 15 is 0 Å². The number of benzene rings is 1. The van der Waals surface area contributed by atoms with Crippen LogP contribution >= 0.6 is 0 Å². The Kier molecular flexibility index (Phi) is 6.86. The van der Waals surface area contributed by atoms with Crippen LogP contribution in [0.3, 0.4) is 0 Å². The Morgan fingerprint density at radius 2 is 1.83 bits per heavy atom. The summed E-state index contributed by atoms with van der Waals surface area (Å²) in [4.78, 5) is 6.42. The van der Waals surface area contributed by atoms with Crippen LogP contribution < -0.4 is 10.6 Å². The lowest BCUT2D eigenvalue weighted by atomic mass is 10.1. The molecule has 1 aliphatic rings. The third-order valence-electron chi connectivity index (χ3n) is 3.79. The van der Waals surface area contributed by atoms with Gasteiger partial charge in [0.1, 0.15) is 0 Å². The van der Waals surface area contributed by atoms with Crippen LogP contribution in [0.2, 0.25) is 0 Å². The summed E-state index contributed by atoms with van der Waals surface area (Å²) in [6, 6.07) is 5.12. The minimum Gasteiger partial charge on any atom is -0.379 e. The molecule has 1 aromatic rings. The van der Waals surface area contributed by atoms with Gasteiger partial charge < -0.3 is 15.4 Å². The third-order valence-corrected chi connectivity index (χ3v) is 3.79. The lowest BCUT2D eigenvalue weighted by molar-refractivity contribution is -0.137. The SMILES string of the molecule is CN=C(NCCN1CCOCC1)NCc1ccc(C(F)(F)F)cc1. The molecule has 1 aromatic carbocycles. The van der Waals surface area contributed by atoms with E-state index in [1.54, 1.807) is 7.05 Å². The van der Waals surface area contributed by atoms with E-state index in [-0.39, 0.29) is 0 Å². The van der Waals surface area contributed by atoms with Crippen molar-refractivity contribution in [2.24, 2.45) is 4.99 Å². The molecule has 0 saturated carbocycles. The molecule has 0 radical (unpaired) electrons. The van der Waals surface area contributed by atoms with Gasteiger partial charge >= 0.3 is 6.18 Å². The van der Waals surface area contributed by atoms with Gasteiger partial charge in [0.05, 0.1) is 18.8 Å². The quantitative estimate of drug-likeness (QED) is 0.631. The largest absolute Gasteiger partial charge is 0.416 e. The molecule has 0 unspecified atom stereocenters. The van der Waals surface area contributed by atoms with Crippen LogP contribution in [0, 0.1) is 0 Å². The van der Waals surface area contributed by atoms with E-state index < -0.39 is 11.7 Å². The second-order valence-electron chi connectivity index (χ2n) is 5.50. The van der Waals surface area contributed by atoms with E-state index in [1.165, 1.54) is 12.1 Å². The number of rotatable bonds is 5. The van der Waals surface area contributed by atoms with Crippen molar-refractivity contribution in [2.45, 2.75) is 12.7 Å². The standard InChI is InChI=1S/C16H23F3N4O/c1-20-15(21-6-7-23-8-10-24-11-9-23)22-12-13-2-4-14(5-3-13)16(17,18)19/h2-5H,6-12H2,1H3,(H2,20,21,22). The molecule has 8 heteroatoms. The molecule has 0 amide bonds. The van der Waals surface area contributed by atoms with Gasteiger partial charge in [0.15, 0.2) is 5.96 Å². The van der Waals surface area contributed by atoms with Crippen molar-refractivity contribution in [3.05, 3.63) is 35.4 Å². The second-order valence-corrected chi connectivity index (χ2v) is 5.50. The van der Waals surface area contributed by atoms with Gasteiger partial charge in [-0.2, -0.15) is 13.2 Å². The maximum absolute atomic E-state index is 12.5. The van der Waals surface area contributed by atoms with E-state index in [0.29, 0.717) is 12.5 Å². The zero-order valence-electron chi connectivity index (χ0n) is 13.7. The van der Waals surface area contributed by atoms with Crippen molar-refractivity contribution in [3.63, 3.8) is 0 Å². The summed E-state index contributed by atoms with van der Waals surface area (Å²) in [6.07, 6.45) is -4.30. The zero-order chi connectivity index (χ0) is 17.4. The molecule has 24 heavy (non-hydrogen) atoms. The van der Waals surface area contributed by atoms with Gasteiger partial charge in [-0.05, 0) is 17.7 Å². The first-order valence-corrected chi connectivity index (χ1v) is 7.90. The van der Waals surface area contributed by atoms with E-state index in [9.17, 15) is 13.2 Å². The first-order chi connectivity index (χ1) is 11.5. The van der Waals surface area contributed by atoms with Gasteiger partial charge in [-0.1, -0.05) is 12.1 Å². The van der Waals surface area contributed by atoms with Gasteiger partial charge in [0.2, 0.25) is 0 Å². The molecule has 1 heterocycles. The van der Waals surface area contributed by atoms with Crippen molar-refractivity contribution in [2.75, 3.05) is 46.4 Å². The molecular formula is C16H23F3N4O. The van der Waals surface area contributed by atoms with E-state index in [4.69, 9.17) is 4.74 Å². The second kappa shape index (κ2) is 8.89. The molecular weight excluding hydrogens is 321 g/mol. The van der Waals surface area contributed by atoms with Gasteiger partial charge in [-0.15, -0.1) is 0 Å². The lowest BCUT2D eigenvalue weighted by Gasteiger charge is -2.26. The normalized spacial score (nSPS) is 16.9. The van der Waals surface area contributed by atoms with Crippen LogP contribution in [0.5, 0.6) is 0 Å². The Bertz CT molecular complexity index is 525. The minimum absolute atomic E-state index is 0.412. The molecule has 0 atom stereocenters. The predicted molar refractivity (Wildman–Crippen MR) is 86.9 cm³/mol. The number of alkyl halides is 3. The fourth-order valence-corrected chi connectivity index (χ4v) is 2.38. The zero-order valence-corrected chi connectivity index (χ0v) is 13.7. The average Bonchev–Trinajstić information content (AvgIpc) is 2.58. The highest BCUT2D eigenvalue weighted by atomic mass is 19.4. The fraction of sp³-hybridized carbons (Fsp3) is 0.562. The number of aliphatic imine (C=N–C) groups is 1. The average molecular weight is 344 g/mol. The van der Waals surface area contributed by atoms with Crippen LogP contribution in [-0.4, -0.2) is 57.3 Å². The number of guanidine groups is 1. The summed E-state index contributed by atoms with van der Waals surface area (Å²) >= 11 is 0. The van der Waals surface area contributed by atoms with Crippen LogP contribution in [0.4, 0.5) is 13.2 Å². The molecule has 0 bridgehead atoms. The van der Waals surface area contributed by atoms with Crippen LogP contribution in [0.25, 0.3) is 0 Å². The highest BCUT2D eigenvalue weighted by Gasteiger charge is 2.29. The smallest absolute Gasteiger partial charge is 0.379 e. The first kappa shape index (κ1) is 18.5. The Hall–Kier alpha value is -1.80. The molecule has 1 fully saturated rings. The molecule has 2 N–H and O–H groups in total.